The molecule has 1 heteroatoms. The molecule has 0 radical (unpaired) electrons. The van der Waals surface area contributed by atoms with Crippen molar-refractivity contribution >= 4 is 0 Å². The standard InChI is InChI=1S/C9H13F.C9H12/c1-5-6-9(7(2)3)8(4)10;1-8(2)9-6-4-3-5-7-9/h5-7H,1,4H2,2-3H3;3-8H,1-2H3/b9-6-;. The van der Waals surface area contributed by atoms with Gasteiger partial charge in [-0.3, -0.25) is 0 Å². The predicted molar refractivity (Wildman–Crippen MR) is 83.9 cm³/mol. The third-order valence-corrected chi connectivity index (χ3v) is 2.70. The molecule has 19 heavy (non-hydrogen) atoms. The average Bonchev–Trinajstić information content (AvgIpc) is 2.37. The van der Waals surface area contributed by atoms with Gasteiger partial charge >= 0.3 is 0 Å². The van der Waals surface area contributed by atoms with Gasteiger partial charge in [0.1, 0.15) is 5.83 Å². The van der Waals surface area contributed by atoms with Crippen LogP contribution in [0.3, 0.4) is 0 Å². The van der Waals surface area contributed by atoms with Crippen LogP contribution in [0.25, 0.3) is 0 Å². The Labute approximate surface area is 117 Å². The maximum atomic E-state index is 12.5. The smallest absolute Gasteiger partial charge is 0.119 e. The summed E-state index contributed by atoms with van der Waals surface area (Å²) in [6.45, 7) is 14.9. The summed E-state index contributed by atoms with van der Waals surface area (Å²) < 4.78 is 12.5. The Bertz CT molecular complexity index is 411. The lowest BCUT2D eigenvalue weighted by Crippen LogP contribution is -1.92. The van der Waals surface area contributed by atoms with Gasteiger partial charge < -0.3 is 0 Å². The SMILES string of the molecule is C=C/C=C(\C(=C)F)C(C)C.CC(C)c1ccccc1. The zero-order valence-electron chi connectivity index (χ0n) is 12.5. The second-order valence-corrected chi connectivity index (χ2v) is 4.98. The molecular formula is C18H25F. The predicted octanol–water partition coefficient (Wildman–Crippen LogP) is 6.05. The first kappa shape index (κ1) is 17.4. The quantitative estimate of drug-likeness (QED) is 0.578. The van der Waals surface area contributed by atoms with Crippen LogP contribution in [-0.4, -0.2) is 0 Å². The van der Waals surface area contributed by atoms with E-state index in [-0.39, 0.29) is 11.7 Å². The first-order valence-corrected chi connectivity index (χ1v) is 6.62. The molecule has 0 unspecified atom stereocenters. The molecule has 0 heterocycles. The van der Waals surface area contributed by atoms with E-state index in [1.54, 1.807) is 12.2 Å². The minimum absolute atomic E-state index is 0.176. The van der Waals surface area contributed by atoms with Gasteiger partial charge in [0.25, 0.3) is 0 Å². The van der Waals surface area contributed by atoms with Crippen LogP contribution in [0, 0.1) is 5.92 Å². The Morgan fingerprint density at radius 2 is 1.63 bits per heavy atom. The van der Waals surface area contributed by atoms with Crippen LogP contribution in [0.2, 0.25) is 0 Å². The Balaban J connectivity index is 0.000000342. The molecule has 1 rings (SSSR count). The zero-order valence-corrected chi connectivity index (χ0v) is 12.5. The summed E-state index contributed by atoms with van der Waals surface area (Å²) in [5, 5.41) is 0. The molecule has 0 aliphatic heterocycles. The van der Waals surface area contributed by atoms with E-state index in [1.165, 1.54) is 5.56 Å². The number of allylic oxidation sites excluding steroid dienone is 4. The second-order valence-electron chi connectivity index (χ2n) is 4.98. The molecule has 0 N–H and O–H groups in total. The second kappa shape index (κ2) is 9.32. The molecule has 104 valence electrons. The molecule has 1 aromatic carbocycles. The summed E-state index contributed by atoms with van der Waals surface area (Å²) in [6.07, 6.45) is 3.22. The molecule has 0 atom stereocenters. The summed E-state index contributed by atoms with van der Waals surface area (Å²) in [7, 11) is 0. The minimum atomic E-state index is -0.366. The Morgan fingerprint density at radius 1 is 1.11 bits per heavy atom. The minimum Gasteiger partial charge on any atom is -0.207 e. The number of hydrogen-bond acceptors (Lipinski definition) is 0. The Hall–Kier alpha value is -1.63. The van der Waals surface area contributed by atoms with Gasteiger partial charge in [0, 0.05) is 0 Å². The average molecular weight is 260 g/mol. The number of benzene rings is 1. The van der Waals surface area contributed by atoms with E-state index in [2.05, 4.69) is 51.3 Å². The first-order valence-electron chi connectivity index (χ1n) is 6.62. The Morgan fingerprint density at radius 3 is 1.84 bits per heavy atom. The van der Waals surface area contributed by atoms with Crippen LogP contribution in [0.4, 0.5) is 4.39 Å². The first-order chi connectivity index (χ1) is 8.90. The number of halogens is 1. The van der Waals surface area contributed by atoms with Crippen molar-refractivity contribution in [3.63, 3.8) is 0 Å². The van der Waals surface area contributed by atoms with Gasteiger partial charge in [0.05, 0.1) is 0 Å². The summed E-state index contributed by atoms with van der Waals surface area (Å²) in [5.41, 5.74) is 2.03. The fourth-order valence-corrected chi connectivity index (χ4v) is 1.56. The molecule has 0 aliphatic rings. The third kappa shape index (κ3) is 7.40. The van der Waals surface area contributed by atoms with Crippen molar-refractivity contribution in [2.24, 2.45) is 5.92 Å². The number of hydrogen-bond donors (Lipinski definition) is 0. The molecule has 0 spiro atoms. The number of rotatable bonds is 4. The van der Waals surface area contributed by atoms with Crippen molar-refractivity contribution in [2.45, 2.75) is 33.6 Å². The molecule has 0 amide bonds. The molecule has 1 aromatic rings. The van der Waals surface area contributed by atoms with E-state index in [0.29, 0.717) is 11.5 Å². The lowest BCUT2D eigenvalue weighted by molar-refractivity contribution is 0.612. The molecule has 0 bridgehead atoms. The largest absolute Gasteiger partial charge is 0.207 e. The maximum absolute atomic E-state index is 12.5. The van der Waals surface area contributed by atoms with Crippen molar-refractivity contribution in [3.05, 3.63) is 72.6 Å². The van der Waals surface area contributed by atoms with Crippen molar-refractivity contribution in [3.8, 4) is 0 Å². The third-order valence-electron chi connectivity index (χ3n) is 2.70. The van der Waals surface area contributed by atoms with Gasteiger partial charge in [-0.05, 0) is 23.0 Å². The van der Waals surface area contributed by atoms with Crippen molar-refractivity contribution in [1.29, 1.82) is 0 Å². The highest BCUT2D eigenvalue weighted by atomic mass is 19.1. The molecule has 0 aromatic heterocycles. The van der Waals surface area contributed by atoms with Crippen LogP contribution >= 0.6 is 0 Å². The summed E-state index contributed by atoms with van der Waals surface area (Å²) in [5.74, 6) is 0.469. The summed E-state index contributed by atoms with van der Waals surface area (Å²) in [6, 6.07) is 10.5. The van der Waals surface area contributed by atoms with E-state index in [4.69, 9.17) is 0 Å². The van der Waals surface area contributed by atoms with Gasteiger partial charge in [0.2, 0.25) is 0 Å². The van der Waals surface area contributed by atoms with Crippen LogP contribution in [0.5, 0.6) is 0 Å². The van der Waals surface area contributed by atoms with Crippen LogP contribution < -0.4 is 0 Å². The van der Waals surface area contributed by atoms with E-state index >= 15 is 0 Å². The summed E-state index contributed by atoms with van der Waals surface area (Å²) >= 11 is 0. The van der Waals surface area contributed by atoms with Crippen LogP contribution in [0.15, 0.2) is 67.0 Å². The van der Waals surface area contributed by atoms with Gasteiger partial charge in [-0.2, -0.15) is 0 Å². The monoisotopic (exact) mass is 260 g/mol. The fraction of sp³-hybridized carbons (Fsp3) is 0.333. The van der Waals surface area contributed by atoms with E-state index < -0.39 is 0 Å². The Kier molecular flexibility index (Phi) is 8.52. The van der Waals surface area contributed by atoms with Crippen molar-refractivity contribution in [2.75, 3.05) is 0 Å². The zero-order chi connectivity index (χ0) is 14.8. The molecular weight excluding hydrogens is 235 g/mol. The van der Waals surface area contributed by atoms with Gasteiger partial charge in [0.15, 0.2) is 0 Å². The van der Waals surface area contributed by atoms with Crippen molar-refractivity contribution in [1.82, 2.24) is 0 Å². The highest BCUT2D eigenvalue weighted by Gasteiger charge is 2.04. The molecule has 0 aliphatic carbocycles. The highest BCUT2D eigenvalue weighted by molar-refractivity contribution is 5.27. The van der Waals surface area contributed by atoms with E-state index in [9.17, 15) is 4.39 Å². The van der Waals surface area contributed by atoms with Crippen LogP contribution in [0.1, 0.15) is 39.2 Å². The van der Waals surface area contributed by atoms with Gasteiger partial charge in [-0.15, -0.1) is 0 Å². The maximum Gasteiger partial charge on any atom is 0.119 e. The molecule has 0 fully saturated rings. The van der Waals surface area contributed by atoms with Gasteiger partial charge in [-0.1, -0.05) is 83.3 Å². The molecule has 0 saturated carbocycles. The van der Waals surface area contributed by atoms with Crippen molar-refractivity contribution < 1.29 is 4.39 Å². The lowest BCUT2D eigenvalue weighted by atomic mass is 10.0. The van der Waals surface area contributed by atoms with E-state index in [0.717, 1.165) is 0 Å². The van der Waals surface area contributed by atoms with Crippen LogP contribution in [-0.2, 0) is 0 Å². The summed E-state index contributed by atoms with van der Waals surface area (Å²) in [4.78, 5) is 0. The lowest BCUT2D eigenvalue weighted by Gasteiger charge is -2.05. The highest BCUT2D eigenvalue weighted by Crippen LogP contribution is 2.18. The molecule has 0 saturated heterocycles. The normalized spacial score (nSPS) is 11.0. The topological polar surface area (TPSA) is 0 Å². The molecule has 0 nitrogen and oxygen atoms in total. The van der Waals surface area contributed by atoms with E-state index in [1.807, 2.05) is 19.9 Å². The van der Waals surface area contributed by atoms with Gasteiger partial charge in [-0.25, -0.2) is 4.39 Å². The fourth-order valence-electron chi connectivity index (χ4n) is 1.56.